The van der Waals surface area contributed by atoms with Gasteiger partial charge >= 0.3 is 0 Å². The lowest BCUT2D eigenvalue weighted by Gasteiger charge is -2.08. The van der Waals surface area contributed by atoms with Crippen molar-refractivity contribution in [2.75, 3.05) is 11.9 Å². The van der Waals surface area contributed by atoms with Crippen molar-refractivity contribution in [2.45, 2.75) is 18.9 Å². The highest BCUT2D eigenvalue weighted by Gasteiger charge is 2.16. The fourth-order valence-electron chi connectivity index (χ4n) is 2.21. The average molecular weight is 318 g/mol. The van der Waals surface area contributed by atoms with Gasteiger partial charge in [-0.05, 0) is 30.5 Å². The molecule has 3 rings (SSSR count). The molecule has 1 atom stereocenters. The highest BCUT2D eigenvalue weighted by atomic mass is 35.5. The first-order valence-corrected chi connectivity index (χ1v) is 7.37. The molecule has 0 saturated carbocycles. The zero-order valence-corrected chi connectivity index (χ0v) is 12.6. The summed E-state index contributed by atoms with van der Waals surface area (Å²) in [5.74, 6) is 0.546. The maximum Gasteiger partial charge on any atom is 0.282 e. The quantitative estimate of drug-likeness (QED) is 0.885. The van der Waals surface area contributed by atoms with Crippen LogP contribution in [0.5, 0.6) is 0 Å². The number of amidine groups is 1. The topological polar surface area (TPSA) is 85.4 Å². The maximum absolute atomic E-state index is 5.97. The number of aryl methyl sites for hydroxylation is 1. The molecule has 114 valence electrons. The third kappa shape index (κ3) is 3.65. The van der Waals surface area contributed by atoms with E-state index in [1.54, 1.807) is 12.4 Å². The molecule has 0 amide bonds. The molecule has 0 saturated heterocycles. The average Bonchev–Trinajstić information content (AvgIpc) is 2.94. The van der Waals surface area contributed by atoms with Gasteiger partial charge in [0, 0.05) is 18.1 Å². The van der Waals surface area contributed by atoms with Gasteiger partial charge in [0.25, 0.3) is 6.02 Å². The van der Waals surface area contributed by atoms with E-state index in [9.17, 15) is 0 Å². The molecule has 7 heteroatoms. The number of aliphatic imine (C=N–C) groups is 1. The molecule has 6 nitrogen and oxygen atoms in total. The van der Waals surface area contributed by atoms with E-state index >= 15 is 0 Å². The molecule has 1 aliphatic rings. The van der Waals surface area contributed by atoms with Crippen molar-refractivity contribution in [1.29, 1.82) is 0 Å². The van der Waals surface area contributed by atoms with E-state index in [0.717, 1.165) is 18.5 Å². The molecule has 22 heavy (non-hydrogen) atoms. The predicted molar refractivity (Wildman–Crippen MR) is 86.5 cm³/mol. The zero-order valence-electron chi connectivity index (χ0n) is 11.9. The summed E-state index contributed by atoms with van der Waals surface area (Å²) in [4.78, 5) is 12.3. The monoisotopic (exact) mass is 317 g/mol. The molecule has 0 aliphatic carbocycles. The second-order valence-corrected chi connectivity index (χ2v) is 5.35. The smallest absolute Gasteiger partial charge is 0.282 e. The van der Waals surface area contributed by atoms with Crippen molar-refractivity contribution in [3.63, 3.8) is 0 Å². The number of aromatic nitrogens is 2. The summed E-state index contributed by atoms with van der Waals surface area (Å²) in [7, 11) is 0. The second kappa shape index (κ2) is 6.62. The SMILES string of the molecule is NC1=NC(CCc2ccc(Nc3nccnc3Cl)cc2)CO1. The Morgan fingerprint density at radius 1 is 1.23 bits per heavy atom. The Labute approximate surface area is 133 Å². The molecular weight excluding hydrogens is 302 g/mol. The fourth-order valence-corrected chi connectivity index (χ4v) is 2.37. The number of benzene rings is 1. The summed E-state index contributed by atoms with van der Waals surface area (Å²) in [6.45, 7) is 0.580. The molecule has 1 aromatic carbocycles. The number of anilines is 2. The number of nitrogens with zero attached hydrogens (tertiary/aromatic N) is 3. The molecule has 2 aromatic rings. The number of hydrogen-bond donors (Lipinski definition) is 2. The molecule has 1 aliphatic heterocycles. The largest absolute Gasteiger partial charge is 0.463 e. The van der Waals surface area contributed by atoms with Crippen LogP contribution in [-0.4, -0.2) is 28.6 Å². The first-order chi connectivity index (χ1) is 10.7. The lowest BCUT2D eigenvalue weighted by atomic mass is 10.1. The van der Waals surface area contributed by atoms with Gasteiger partial charge in [0.1, 0.15) is 6.61 Å². The van der Waals surface area contributed by atoms with E-state index < -0.39 is 0 Å². The van der Waals surface area contributed by atoms with Gasteiger partial charge in [0.05, 0.1) is 6.04 Å². The van der Waals surface area contributed by atoms with Gasteiger partial charge in [-0.1, -0.05) is 23.7 Å². The normalized spacial score (nSPS) is 17.0. The van der Waals surface area contributed by atoms with Crippen LogP contribution in [0.2, 0.25) is 5.15 Å². The van der Waals surface area contributed by atoms with Gasteiger partial charge in [-0.25, -0.2) is 15.0 Å². The molecule has 0 bridgehead atoms. The predicted octanol–water partition coefficient (Wildman–Crippen LogP) is 2.52. The van der Waals surface area contributed by atoms with Crippen LogP contribution in [0.3, 0.4) is 0 Å². The summed E-state index contributed by atoms with van der Waals surface area (Å²) >= 11 is 5.97. The fraction of sp³-hybridized carbons (Fsp3) is 0.267. The molecule has 0 spiro atoms. The summed E-state index contributed by atoms with van der Waals surface area (Å²) < 4.78 is 5.14. The van der Waals surface area contributed by atoms with E-state index in [1.165, 1.54) is 5.56 Å². The Bertz CT molecular complexity index is 674. The van der Waals surface area contributed by atoms with Crippen LogP contribution in [0.25, 0.3) is 0 Å². The van der Waals surface area contributed by atoms with Crippen LogP contribution in [0.15, 0.2) is 41.7 Å². The van der Waals surface area contributed by atoms with Gasteiger partial charge in [0.15, 0.2) is 11.0 Å². The van der Waals surface area contributed by atoms with Gasteiger partial charge in [0.2, 0.25) is 0 Å². The molecule has 2 heterocycles. The van der Waals surface area contributed by atoms with Crippen molar-refractivity contribution >= 4 is 29.1 Å². The number of hydrogen-bond acceptors (Lipinski definition) is 6. The van der Waals surface area contributed by atoms with Crippen molar-refractivity contribution < 1.29 is 4.74 Å². The zero-order chi connectivity index (χ0) is 15.4. The van der Waals surface area contributed by atoms with E-state index in [-0.39, 0.29) is 6.04 Å². The minimum absolute atomic E-state index is 0.163. The minimum Gasteiger partial charge on any atom is -0.463 e. The van der Waals surface area contributed by atoms with E-state index in [4.69, 9.17) is 22.1 Å². The highest BCUT2D eigenvalue weighted by Crippen LogP contribution is 2.21. The number of nitrogens with one attached hydrogen (secondary N) is 1. The lowest BCUT2D eigenvalue weighted by molar-refractivity contribution is 0.308. The molecule has 0 radical (unpaired) electrons. The first-order valence-electron chi connectivity index (χ1n) is 6.99. The standard InChI is InChI=1S/C15H16ClN5O/c16-13-14(19-8-7-18-13)20-11-4-1-10(2-5-11)3-6-12-9-22-15(17)21-12/h1-2,4-5,7-8,12H,3,6,9H2,(H2,17,21)(H,19,20). The second-order valence-electron chi connectivity index (χ2n) is 4.99. The molecule has 1 unspecified atom stereocenters. The number of ether oxygens (including phenoxy) is 1. The number of rotatable bonds is 5. The van der Waals surface area contributed by atoms with E-state index in [1.807, 2.05) is 12.1 Å². The van der Waals surface area contributed by atoms with Crippen molar-refractivity contribution in [3.8, 4) is 0 Å². The highest BCUT2D eigenvalue weighted by molar-refractivity contribution is 6.31. The Kier molecular flexibility index (Phi) is 4.39. The Morgan fingerprint density at radius 2 is 2.00 bits per heavy atom. The van der Waals surface area contributed by atoms with Gasteiger partial charge in [-0.3, -0.25) is 0 Å². The molecule has 3 N–H and O–H groups in total. The van der Waals surface area contributed by atoms with Gasteiger partial charge in [-0.2, -0.15) is 0 Å². The van der Waals surface area contributed by atoms with Crippen LogP contribution in [-0.2, 0) is 11.2 Å². The first kappa shape index (κ1) is 14.6. The van der Waals surface area contributed by atoms with E-state index in [0.29, 0.717) is 23.6 Å². The van der Waals surface area contributed by atoms with Crippen LogP contribution < -0.4 is 11.1 Å². The minimum atomic E-state index is 0.163. The summed E-state index contributed by atoms with van der Waals surface area (Å²) in [6, 6.07) is 8.57. The van der Waals surface area contributed by atoms with Crippen LogP contribution >= 0.6 is 11.6 Å². The van der Waals surface area contributed by atoms with Crippen LogP contribution in [0.1, 0.15) is 12.0 Å². The number of nitrogens with two attached hydrogens (primary N) is 1. The van der Waals surface area contributed by atoms with Crippen molar-refractivity contribution in [1.82, 2.24) is 9.97 Å². The third-order valence-electron chi connectivity index (χ3n) is 3.37. The van der Waals surface area contributed by atoms with Gasteiger partial charge < -0.3 is 15.8 Å². The third-order valence-corrected chi connectivity index (χ3v) is 3.65. The lowest BCUT2D eigenvalue weighted by Crippen LogP contribution is -2.10. The Balaban J connectivity index is 1.57. The summed E-state index contributed by atoms with van der Waals surface area (Å²) in [5, 5.41) is 3.49. The van der Waals surface area contributed by atoms with Crippen molar-refractivity contribution in [3.05, 3.63) is 47.4 Å². The molecule has 1 aromatic heterocycles. The summed E-state index contributed by atoms with van der Waals surface area (Å²) in [6.07, 6.45) is 5.00. The Morgan fingerprint density at radius 3 is 2.68 bits per heavy atom. The van der Waals surface area contributed by atoms with Crippen LogP contribution in [0.4, 0.5) is 11.5 Å². The van der Waals surface area contributed by atoms with Gasteiger partial charge in [-0.15, -0.1) is 0 Å². The Hall–Kier alpha value is -2.34. The van der Waals surface area contributed by atoms with E-state index in [2.05, 4.69) is 32.4 Å². The maximum atomic E-state index is 5.97. The molecule has 0 fully saturated rings. The van der Waals surface area contributed by atoms with Crippen molar-refractivity contribution in [2.24, 2.45) is 10.7 Å². The van der Waals surface area contributed by atoms with Crippen LogP contribution in [0, 0.1) is 0 Å². The number of halogens is 1. The molecular formula is C15H16ClN5O. The summed E-state index contributed by atoms with van der Waals surface area (Å²) in [5.41, 5.74) is 7.64.